The summed E-state index contributed by atoms with van der Waals surface area (Å²) in [6, 6.07) is -0.726. The fourth-order valence-corrected chi connectivity index (χ4v) is 4.01. The Bertz CT molecular complexity index is 481. The fourth-order valence-electron chi connectivity index (χ4n) is 4.01. The lowest BCUT2D eigenvalue weighted by Crippen LogP contribution is -2.42. The number of amides is 1. The summed E-state index contributed by atoms with van der Waals surface area (Å²) in [6.45, 7) is 8.94. The van der Waals surface area contributed by atoms with Crippen LogP contribution in [0.25, 0.3) is 0 Å². The van der Waals surface area contributed by atoms with Crippen LogP contribution in [0.2, 0.25) is 0 Å². The molecule has 0 fully saturated rings. The van der Waals surface area contributed by atoms with Crippen molar-refractivity contribution >= 4 is 12.1 Å². The van der Waals surface area contributed by atoms with Crippen molar-refractivity contribution in [3.05, 3.63) is 12.7 Å². The van der Waals surface area contributed by atoms with Crippen LogP contribution in [0.15, 0.2) is 12.7 Å². The van der Waals surface area contributed by atoms with E-state index in [4.69, 9.17) is 9.47 Å². The van der Waals surface area contributed by atoms with Crippen LogP contribution in [0.1, 0.15) is 142 Å². The molecule has 1 amide bonds. The molecule has 34 heavy (non-hydrogen) atoms. The summed E-state index contributed by atoms with van der Waals surface area (Å²) in [7, 11) is 0. The zero-order valence-corrected chi connectivity index (χ0v) is 22.6. The topological polar surface area (TPSA) is 64.6 Å². The molecular weight excluding hydrogens is 426 g/mol. The van der Waals surface area contributed by atoms with Crippen molar-refractivity contribution in [1.29, 1.82) is 0 Å². The van der Waals surface area contributed by atoms with Gasteiger partial charge in [-0.2, -0.15) is 0 Å². The molecule has 0 radical (unpaired) electrons. The first-order valence-corrected chi connectivity index (χ1v) is 14.4. The number of rotatable bonds is 25. The Hall–Kier alpha value is -1.52. The van der Waals surface area contributed by atoms with E-state index < -0.39 is 18.1 Å². The van der Waals surface area contributed by atoms with Gasteiger partial charge < -0.3 is 14.8 Å². The number of carbonyl (C=O) groups is 2. The van der Waals surface area contributed by atoms with Crippen molar-refractivity contribution in [1.82, 2.24) is 5.32 Å². The smallest absolute Gasteiger partial charge is 0.407 e. The van der Waals surface area contributed by atoms with E-state index in [0.717, 1.165) is 25.7 Å². The van der Waals surface area contributed by atoms with Crippen LogP contribution in [-0.4, -0.2) is 31.3 Å². The standard InChI is InChI=1S/C29H55NO4/c1-4-7-9-11-13-15-16-17-19-20-22-25-33-28(31)27(24-6-3)30-29(32)34-26-23-21-18-14-12-10-8-5-2/h6,27H,3-5,7-26H2,1-2H3,(H,30,32). The van der Waals surface area contributed by atoms with Crippen LogP contribution in [-0.2, 0) is 14.3 Å². The van der Waals surface area contributed by atoms with E-state index in [1.54, 1.807) is 6.08 Å². The van der Waals surface area contributed by atoms with E-state index in [2.05, 4.69) is 25.7 Å². The van der Waals surface area contributed by atoms with Crippen LogP contribution >= 0.6 is 0 Å². The maximum atomic E-state index is 12.3. The normalized spacial score (nSPS) is 11.7. The maximum absolute atomic E-state index is 12.3. The molecule has 5 nitrogen and oxygen atoms in total. The molecule has 0 aromatic rings. The second-order valence-corrected chi connectivity index (χ2v) is 9.54. The average Bonchev–Trinajstić information content (AvgIpc) is 2.83. The molecule has 200 valence electrons. The highest BCUT2D eigenvalue weighted by Gasteiger charge is 2.21. The van der Waals surface area contributed by atoms with Gasteiger partial charge in [0.15, 0.2) is 0 Å². The Morgan fingerprint density at radius 3 is 1.44 bits per heavy atom. The minimum Gasteiger partial charge on any atom is -0.464 e. The Labute approximate surface area is 210 Å². The van der Waals surface area contributed by atoms with Gasteiger partial charge in [0.1, 0.15) is 6.04 Å². The van der Waals surface area contributed by atoms with Crippen molar-refractivity contribution < 1.29 is 19.1 Å². The van der Waals surface area contributed by atoms with Gasteiger partial charge in [0.25, 0.3) is 0 Å². The van der Waals surface area contributed by atoms with Crippen molar-refractivity contribution in [2.24, 2.45) is 0 Å². The van der Waals surface area contributed by atoms with Crippen molar-refractivity contribution in [2.75, 3.05) is 13.2 Å². The van der Waals surface area contributed by atoms with Gasteiger partial charge in [-0.25, -0.2) is 9.59 Å². The van der Waals surface area contributed by atoms with Crippen LogP contribution < -0.4 is 5.32 Å². The van der Waals surface area contributed by atoms with Gasteiger partial charge in [0.05, 0.1) is 13.2 Å². The van der Waals surface area contributed by atoms with Gasteiger partial charge in [-0.3, -0.25) is 0 Å². The highest BCUT2D eigenvalue weighted by molar-refractivity contribution is 5.81. The Kier molecular flexibility index (Phi) is 24.9. The first-order chi connectivity index (χ1) is 16.7. The molecule has 0 aliphatic rings. The van der Waals surface area contributed by atoms with E-state index in [0.29, 0.717) is 19.6 Å². The summed E-state index contributed by atoms with van der Waals surface area (Å²) in [5, 5.41) is 2.63. The minimum absolute atomic E-state index is 0.337. The van der Waals surface area contributed by atoms with Gasteiger partial charge in [0, 0.05) is 0 Å². The largest absolute Gasteiger partial charge is 0.464 e. The molecule has 0 saturated heterocycles. The molecule has 0 aromatic heterocycles. The summed E-state index contributed by atoms with van der Waals surface area (Å²) in [4.78, 5) is 24.4. The summed E-state index contributed by atoms with van der Waals surface area (Å²) in [6.07, 6.45) is 24.7. The second kappa shape index (κ2) is 26.1. The minimum atomic E-state index is -0.726. The van der Waals surface area contributed by atoms with E-state index in [9.17, 15) is 9.59 Å². The van der Waals surface area contributed by atoms with Crippen molar-refractivity contribution in [2.45, 2.75) is 148 Å². The Morgan fingerprint density at radius 1 is 0.647 bits per heavy atom. The molecule has 0 aliphatic carbocycles. The van der Waals surface area contributed by atoms with Crippen LogP contribution in [0, 0.1) is 0 Å². The number of carbonyl (C=O) groups excluding carboxylic acids is 2. The van der Waals surface area contributed by atoms with Gasteiger partial charge in [0.2, 0.25) is 0 Å². The first-order valence-electron chi connectivity index (χ1n) is 14.4. The number of esters is 1. The molecule has 5 heteroatoms. The number of nitrogens with one attached hydrogen (secondary N) is 1. The van der Waals surface area contributed by atoms with Gasteiger partial charge >= 0.3 is 12.1 Å². The SMILES string of the molecule is C=CCC(NC(=O)OCCCCCCCCCC)C(=O)OCCCCCCCCCCCCC. The third-order valence-electron chi connectivity index (χ3n) is 6.20. The molecule has 1 N–H and O–H groups in total. The van der Waals surface area contributed by atoms with E-state index in [-0.39, 0.29) is 0 Å². The number of ether oxygens (including phenoxy) is 2. The lowest BCUT2D eigenvalue weighted by Gasteiger charge is -2.16. The first kappa shape index (κ1) is 32.5. The van der Waals surface area contributed by atoms with Crippen molar-refractivity contribution in [3.8, 4) is 0 Å². The highest BCUT2D eigenvalue weighted by Crippen LogP contribution is 2.12. The lowest BCUT2D eigenvalue weighted by molar-refractivity contribution is -0.146. The zero-order valence-electron chi connectivity index (χ0n) is 22.6. The Morgan fingerprint density at radius 2 is 1.03 bits per heavy atom. The summed E-state index contributed by atoms with van der Waals surface area (Å²) in [5.41, 5.74) is 0. The average molecular weight is 482 g/mol. The van der Waals surface area contributed by atoms with Crippen molar-refractivity contribution in [3.63, 3.8) is 0 Å². The third kappa shape index (κ3) is 22.3. The van der Waals surface area contributed by atoms with E-state index in [1.807, 2.05) is 0 Å². The quantitative estimate of drug-likeness (QED) is 0.0805. The second-order valence-electron chi connectivity index (χ2n) is 9.54. The molecule has 0 bridgehead atoms. The predicted octanol–water partition coefficient (Wildman–Crippen LogP) is 8.65. The number of hydrogen-bond acceptors (Lipinski definition) is 4. The number of alkyl carbamates (subject to hydrolysis) is 1. The van der Waals surface area contributed by atoms with E-state index >= 15 is 0 Å². The van der Waals surface area contributed by atoms with Gasteiger partial charge in [-0.15, -0.1) is 6.58 Å². The molecule has 0 aromatic carbocycles. The monoisotopic (exact) mass is 481 g/mol. The molecule has 0 aliphatic heterocycles. The molecule has 0 heterocycles. The van der Waals surface area contributed by atoms with Gasteiger partial charge in [-0.05, 0) is 19.3 Å². The zero-order chi connectivity index (χ0) is 25.1. The predicted molar refractivity (Wildman–Crippen MR) is 143 cm³/mol. The van der Waals surface area contributed by atoms with Gasteiger partial charge in [-0.1, -0.05) is 129 Å². The number of hydrogen-bond donors (Lipinski definition) is 1. The molecule has 0 spiro atoms. The molecule has 1 atom stereocenters. The Balaban J connectivity index is 3.74. The highest BCUT2D eigenvalue weighted by atomic mass is 16.6. The summed E-state index contributed by atoms with van der Waals surface area (Å²) in [5.74, 6) is -0.406. The summed E-state index contributed by atoms with van der Waals surface area (Å²) < 4.78 is 10.6. The fraction of sp³-hybridized carbons (Fsp3) is 0.862. The maximum Gasteiger partial charge on any atom is 0.407 e. The third-order valence-corrected chi connectivity index (χ3v) is 6.20. The number of unbranched alkanes of at least 4 members (excludes halogenated alkanes) is 17. The lowest BCUT2D eigenvalue weighted by atomic mass is 10.1. The van der Waals surface area contributed by atoms with Crippen LogP contribution in [0.5, 0.6) is 0 Å². The molecule has 0 saturated carbocycles. The van der Waals surface area contributed by atoms with Crippen LogP contribution in [0.4, 0.5) is 4.79 Å². The summed E-state index contributed by atoms with van der Waals surface area (Å²) >= 11 is 0. The molecular formula is C29H55NO4. The molecule has 1 unspecified atom stereocenters. The van der Waals surface area contributed by atoms with E-state index in [1.165, 1.54) is 96.3 Å². The van der Waals surface area contributed by atoms with Crippen LogP contribution in [0.3, 0.4) is 0 Å². The molecule has 0 rings (SSSR count).